The van der Waals surface area contributed by atoms with Crippen LogP contribution in [0.4, 0.5) is 5.69 Å². The maximum absolute atomic E-state index is 12.3. The number of esters is 1. The molecule has 0 atom stereocenters. The molecule has 4 nitrogen and oxygen atoms in total. The molecule has 1 amide bonds. The smallest absolute Gasteiger partial charge is 0.338 e. The third-order valence-electron chi connectivity index (χ3n) is 5.92. The van der Waals surface area contributed by atoms with E-state index in [1.54, 1.807) is 6.07 Å². The molecule has 0 heterocycles. The van der Waals surface area contributed by atoms with E-state index in [-0.39, 0.29) is 11.9 Å². The van der Waals surface area contributed by atoms with Gasteiger partial charge in [-0.3, -0.25) is 4.79 Å². The molecule has 4 heteroatoms. The molecule has 1 aromatic carbocycles. The average molecular weight is 444 g/mol. The molecule has 1 aromatic rings. The number of carbonyl (C=O) groups is 2. The number of aryl methyl sites for hydroxylation is 2. The maximum Gasteiger partial charge on any atom is 0.338 e. The number of nitrogens with one attached hydrogen (secondary N) is 1. The Labute approximate surface area is 196 Å². The van der Waals surface area contributed by atoms with Crippen LogP contribution in [-0.2, 0) is 9.53 Å². The van der Waals surface area contributed by atoms with E-state index in [1.807, 2.05) is 19.9 Å². The first-order valence-corrected chi connectivity index (χ1v) is 12.6. The molecule has 0 radical (unpaired) electrons. The highest BCUT2D eigenvalue weighted by molar-refractivity contribution is 5.96. The Kier molecular flexibility index (Phi) is 15.2. The Morgan fingerprint density at radius 2 is 1.38 bits per heavy atom. The molecular formula is C28H45NO3. The van der Waals surface area contributed by atoms with Gasteiger partial charge in [-0.05, 0) is 63.1 Å². The third-order valence-corrected chi connectivity index (χ3v) is 5.92. The number of anilines is 1. The lowest BCUT2D eigenvalue weighted by molar-refractivity contribution is -0.116. The van der Waals surface area contributed by atoms with E-state index in [0.29, 0.717) is 17.7 Å². The highest BCUT2D eigenvalue weighted by Gasteiger charge is 2.13. The Morgan fingerprint density at radius 3 is 1.97 bits per heavy atom. The molecule has 0 spiro atoms. The summed E-state index contributed by atoms with van der Waals surface area (Å²) in [6.07, 6.45) is 21.4. The quantitative estimate of drug-likeness (QED) is 0.150. The minimum Gasteiger partial charge on any atom is -0.465 e. The number of hydrogen-bond donors (Lipinski definition) is 1. The summed E-state index contributed by atoms with van der Waals surface area (Å²) in [6.45, 7) is 6.07. The molecular weight excluding hydrogens is 398 g/mol. The van der Waals surface area contributed by atoms with Gasteiger partial charge in [0.25, 0.3) is 0 Å². The van der Waals surface area contributed by atoms with Gasteiger partial charge in [0.2, 0.25) is 5.91 Å². The summed E-state index contributed by atoms with van der Waals surface area (Å²) < 4.78 is 4.82. The van der Waals surface area contributed by atoms with E-state index in [0.717, 1.165) is 24.0 Å². The van der Waals surface area contributed by atoms with Crippen LogP contribution in [0.25, 0.3) is 0 Å². The van der Waals surface area contributed by atoms with Crippen LogP contribution in [0.2, 0.25) is 0 Å². The molecule has 180 valence electrons. The minimum absolute atomic E-state index is 0.00500. The van der Waals surface area contributed by atoms with Gasteiger partial charge in [-0.2, -0.15) is 0 Å². The third kappa shape index (κ3) is 12.1. The molecule has 0 bridgehead atoms. The molecule has 0 aromatic heterocycles. The van der Waals surface area contributed by atoms with Crippen molar-refractivity contribution in [3.05, 3.63) is 41.0 Å². The van der Waals surface area contributed by atoms with Crippen LogP contribution in [-0.4, -0.2) is 19.0 Å². The van der Waals surface area contributed by atoms with Gasteiger partial charge in [-0.1, -0.05) is 76.5 Å². The molecule has 1 N–H and O–H groups in total. The monoisotopic (exact) mass is 443 g/mol. The first-order chi connectivity index (χ1) is 15.5. The van der Waals surface area contributed by atoms with Gasteiger partial charge >= 0.3 is 5.97 Å². The van der Waals surface area contributed by atoms with Crippen molar-refractivity contribution < 1.29 is 14.3 Å². The first kappa shape index (κ1) is 27.9. The Morgan fingerprint density at radius 1 is 0.812 bits per heavy atom. The van der Waals surface area contributed by atoms with Crippen molar-refractivity contribution in [3.63, 3.8) is 0 Å². The highest BCUT2D eigenvalue weighted by Crippen LogP contribution is 2.22. The zero-order chi connectivity index (χ0) is 23.6. The van der Waals surface area contributed by atoms with Crippen molar-refractivity contribution in [2.45, 2.75) is 111 Å². The first-order valence-electron chi connectivity index (χ1n) is 12.6. The fourth-order valence-corrected chi connectivity index (χ4v) is 3.89. The van der Waals surface area contributed by atoms with Crippen LogP contribution in [0.5, 0.6) is 0 Å². The Bertz CT molecular complexity index is 709. The maximum atomic E-state index is 12.3. The Balaban J connectivity index is 2.11. The number of ether oxygens (including phenoxy) is 1. The zero-order valence-corrected chi connectivity index (χ0v) is 20.9. The summed E-state index contributed by atoms with van der Waals surface area (Å²) in [7, 11) is 1.37. The zero-order valence-electron chi connectivity index (χ0n) is 20.9. The molecule has 32 heavy (non-hydrogen) atoms. The van der Waals surface area contributed by atoms with Crippen molar-refractivity contribution in [3.8, 4) is 0 Å². The van der Waals surface area contributed by atoms with Crippen molar-refractivity contribution in [1.29, 1.82) is 0 Å². The largest absolute Gasteiger partial charge is 0.465 e. The number of methoxy groups -OCH3 is 1. The lowest BCUT2D eigenvalue weighted by atomic mass is 10.0. The number of hydrogen-bond acceptors (Lipinski definition) is 3. The fraction of sp³-hybridized carbons (Fsp3) is 0.643. The summed E-state index contributed by atoms with van der Waals surface area (Å²) in [5, 5.41) is 2.95. The molecule has 0 saturated carbocycles. The van der Waals surface area contributed by atoms with Crippen molar-refractivity contribution >= 4 is 17.6 Å². The normalized spacial score (nSPS) is 11.1. The molecule has 0 aliphatic carbocycles. The number of benzene rings is 1. The van der Waals surface area contributed by atoms with Crippen molar-refractivity contribution in [1.82, 2.24) is 0 Å². The van der Waals surface area contributed by atoms with Crippen LogP contribution >= 0.6 is 0 Å². The van der Waals surface area contributed by atoms with E-state index in [9.17, 15) is 9.59 Å². The van der Waals surface area contributed by atoms with E-state index in [1.165, 1.54) is 77.7 Å². The lowest BCUT2D eigenvalue weighted by Gasteiger charge is -2.12. The standard InChI is InChI=1S/C28H45NO3/c1-5-6-7-8-9-10-11-12-13-14-15-16-17-18-19-20-27(30)29-26-22-25(28(31)32-4)23(2)21-24(26)3/h12-13,21-22H,5-11,14-20H2,1-4H3,(H,29,30)/b13-12-. The van der Waals surface area contributed by atoms with Crippen molar-refractivity contribution in [2.75, 3.05) is 12.4 Å². The van der Waals surface area contributed by atoms with Gasteiger partial charge in [0.1, 0.15) is 0 Å². The Hall–Kier alpha value is -2.10. The summed E-state index contributed by atoms with van der Waals surface area (Å²) in [4.78, 5) is 24.2. The van der Waals surface area contributed by atoms with Crippen molar-refractivity contribution in [2.24, 2.45) is 0 Å². The number of rotatable bonds is 17. The molecule has 0 aliphatic rings. The highest BCUT2D eigenvalue weighted by atomic mass is 16.5. The molecule has 0 saturated heterocycles. The van der Waals surface area contributed by atoms with E-state index in [2.05, 4.69) is 24.4 Å². The fourth-order valence-electron chi connectivity index (χ4n) is 3.89. The van der Waals surface area contributed by atoms with Gasteiger partial charge in [0.05, 0.1) is 12.7 Å². The van der Waals surface area contributed by atoms with Crippen LogP contribution in [0.3, 0.4) is 0 Å². The number of carbonyl (C=O) groups excluding carboxylic acids is 2. The number of allylic oxidation sites excluding steroid dienone is 2. The number of unbranched alkanes of at least 4 members (excludes halogenated alkanes) is 11. The summed E-state index contributed by atoms with van der Waals surface area (Å²) in [6, 6.07) is 3.62. The van der Waals surface area contributed by atoms with E-state index < -0.39 is 0 Å². The van der Waals surface area contributed by atoms with Gasteiger partial charge in [0.15, 0.2) is 0 Å². The van der Waals surface area contributed by atoms with E-state index in [4.69, 9.17) is 4.74 Å². The number of amides is 1. The second kappa shape index (κ2) is 17.5. The van der Waals surface area contributed by atoms with Crippen LogP contribution < -0.4 is 5.32 Å². The van der Waals surface area contributed by atoms with E-state index >= 15 is 0 Å². The minimum atomic E-state index is -0.379. The second-order valence-corrected chi connectivity index (χ2v) is 8.86. The van der Waals surface area contributed by atoms with Gasteiger partial charge in [-0.15, -0.1) is 0 Å². The summed E-state index contributed by atoms with van der Waals surface area (Å²) in [5.41, 5.74) is 2.99. The molecule has 0 unspecified atom stereocenters. The van der Waals surface area contributed by atoms with Crippen LogP contribution in [0.15, 0.2) is 24.3 Å². The molecule has 0 fully saturated rings. The predicted octanol–water partition coefficient (Wildman–Crippen LogP) is 8.07. The van der Waals surface area contributed by atoms with Crippen LogP contribution in [0, 0.1) is 13.8 Å². The average Bonchev–Trinajstić information content (AvgIpc) is 2.77. The SMILES string of the molecule is CCCCCCCC/C=C\CCCCCCCC(=O)Nc1cc(C(=O)OC)c(C)cc1C. The second-order valence-electron chi connectivity index (χ2n) is 8.86. The molecule has 1 rings (SSSR count). The predicted molar refractivity (Wildman–Crippen MR) is 135 cm³/mol. The summed E-state index contributed by atoms with van der Waals surface area (Å²) in [5.74, 6) is -0.374. The van der Waals surface area contributed by atoms with Gasteiger partial charge in [-0.25, -0.2) is 4.79 Å². The lowest BCUT2D eigenvalue weighted by Crippen LogP contribution is -2.14. The topological polar surface area (TPSA) is 55.4 Å². The van der Waals surface area contributed by atoms with Gasteiger partial charge in [0, 0.05) is 12.1 Å². The van der Waals surface area contributed by atoms with Gasteiger partial charge < -0.3 is 10.1 Å². The van der Waals surface area contributed by atoms with Crippen LogP contribution in [0.1, 0.15) is 118 Å². The molecule has 0 aliphatic heterocycles. The summed E-state index contributed by atoms with van der Waals surface area (Å²) >= 11 is 0.